The van der Waals surface area contributed by atoms with Crippen LogP contribution in [0.2, 0.25) is 0 Å². The first-order valence-corrected chi connectivity index (χ1v) is 6.45. The average molecular weight is 274 g/mol. The highest BCUT2D eigenvalue weighted by Crippen LogP contribution is 2.31. The van der Waals surface area contributed by atoms with E-state index in [1.807, 2.05) is 12.1 Å². The van der Waals surface area contributed by atoms with Crippen LogP contribution in [0.15, 0.2) is 29.4 Å². The summed E-state index contributed by atoms with van der Waals surface area (Å²) in [5.41, 5.74) is -0.751. The van der Waals surface area contributed by atoms with Gasteiger partial charge in [-0.2, -0.15) is 0 Å². The molecule has 0 spiro atoms. The summed E-state index contributed by atoms with van der Waals surface area (Å²) in [5, 5.41) is 38.9. The highest BCUT2D eigenvalue weighted by molar-refractivity contribution is 7.99. The average Bonchev–Trinajstić information content (AvgIpc) is 2.40. The number of aliphatic hydroxyl groups excluding tert-OH is 4. The number of ether oxygens (including phenoxy) is 1. The van der Waals surface area contributed by atoms with E-state index in [1.54, 1.807) is 12.3 Å². The number of thioether (sulfide) groups is 1. The van der Waals surface area contributed by atoms with Gasteiger partial charge in [0.25, 0.3) is 0 Å². The molecule has 18 heavy (non-hydrogen) atoms. The minimum atomic E-state index is -1.34. The standard InChI is InChI=1S/C11H15NO5S/c13-5-6-8(14)9(15)10(16)11(17-6)18-7-3-1-2-4-12-7/h1-4,6,8-11,13-16H,5H2/p+1/t6?,8-,9?,10?,11+/m1/s1. The summed E-state index contributed by atoms with van der Waals surface area (Å²) < 4.78 is 5.37. The first-order valence-electron chi connectivity index (χ1n) is 5.57. The van der Waals surface area contributed by atoms with Crippen LogP contribution in [-0.2, 0) is 4.74 Å². The van der Waals surface area contributed by atoms with Gasteiger partial charge < -0.3 is 25.2 Å². The van der Waals surface area contributed by atoms with Crippen molar-refractivity contribution < 1.29 is 30.1 Å². The van der Waals surface area contributed by atoms with Crippen molar-refractivity contribution in [3.8, 4) is 0 Å². The summed E-state index contributed by atoms with van der Waals surface area (Å²) in [6.45, 7) is -0.416. The zero-order valence-corrected chi connectivity index (χ0v) is 10.3. The Balaban J connectivity index is 2.08. The van der Waals surface area contributed by atoms with Gasteiger partial charge in [0.15, 0.2) is 6.20 Å². The van der Waals surface area contributed by atoms with Crippen LogP contribution in [0.3, 0.4) is 0 Å². The van der Waals surface area contributed by atoms with Gasteiger partial charge in [-0.25, -0.2) is 4.98 Å². The van der Waals surface area contributed by atoms with E-state index in [4.69, 9.17) is 9.84 Å². The third-order valence-electron chi connectivity index (χ3n) is 2.77. The van der Waals surface area contributed by atoms with Crippen molar-refractivity contribution in [1.82, 2.24) is 0 Å². The first kappa shape index (κ1) is 13.7. The number of pyridine rings is 1. The van der Waals surface area contributed by atoms with E-state index in [2.05, 4.69) is 4.98 Å². The van der Waals surface area contributed by atoms with Gasteiger partial charge in [-0.05, 0) is 17.8 Å². The third-order valence-corrected chi connectivity index (χ3v) is 3.90. The molecular formula is C11H16NO5S+. The van der Waals surface area contributed by atoms with Crippen LogP contribution in [0.4, 0.5) is 0 Å². The van der Waals surface area contributed by atoms with E-state index in [9.17, 15) is 15.3 Å². The maximum Gasteiger partial charge on any atom is 0.240 e. The number of nitrogens with one attached hydrogen (secondary N) is 1. The number of rotatable bonds is 3. The zero-order chi connectivity index (χ0) is 13.1. The van der Waals surface area contributed by atoms with Crippen molar-refractivity contribution in [3.63, 3.8) is 0 Å². The molecule has 1 aromatic rings. The number of hydrogen-bond donors (Lipinski definition) is 4. The zero-order valence-electron chi connectivity index (χ0n) is 9.51. The molecule has 0 aromatic carbocycles. The van der Waals surface area contributed by atoms with E-state index >= 15 is 0 Å². The Bertz CT molecular complexity index is 377. The van der Waals surface area contributed by atoms with Crippen molar-refractivity contribution in [2.45, 2.75) is 34.9 Å². The van der Waals surface area contributed by atoms with Gasteiger partial charge in [-0.15, -0.1) is 0 Å². The number of aliphatic hydroxyl groups is 4. The number of hydrogen-bond acceptors (Lipinski definition) is 6. The van der Waals surface area contributed by atoms with Crippen LogP contribution in [0.5, 0.6) is 0 Å². The van der Waals surface area contributed by atoms with Crippen molar-refractivity contribution in [2.75, 3.05) is 6.61 Å². The molecule has 100 valence electrons. The molecule has 2 heterocycles. The van der Waals surface area contributed by atoms with Crippen molar-refractivity contribution in [3.05, 3.63) is 24.4 Å². The molecule has 5 N–H and O–H groups in total. The van der Waals surface area contributed by atoms with Crippen LogP contribution < -0.4 is 4.98 Å². The second kappa shape index (κ2) is 5.96. The Kier molecular flexibility index (Phi) is 4.55. The summed E-state index contributed by atoms with van der Waals surface area (Å²) in [5.74, 6) is 0. The minimum Gasteiger partial charge on any atom is -0.394 e. The number of aromatic amines is 1. The molecule has 1 aliphatic heterocycles. The second-order valence-electron chi connectivity index (χ2n) is 4.04. The molecule has 0 radical (unpaired) electrons. The van der Waals surface area contributed by atoms with Gasteiger partial charge >= 0.3 is 0 Å². The van der Waals surface area contributed by atoms with Crippen molar-refractivity contribution in [2.24, 2.45) is 0 Å². The number of H-pyrrole nitrogens is 1. The van der Waals surface area contributed by atoms with E-state index in [0.717, 1.165) is 5.03 Å². The Morgan fingerprint density at radius 1 is 1.17 bits per heavy atom. The van der Waals surface area contributed by atoms with Crippen molar-refractivity contribution >= 4 is 11.8 Å². The lowest BCUT2D eigenvalue weighted by Crippen LogP contribution is -2.57. The van der Waals surface area contributed by atoms with Gasteiger partial charge in [-0.1, -0.05) is 0 Å². The fourth-order valence-corrected chi connectivity index (χ4v) is 2.78. The SMILES string of the molecule is OCC1O[C@@H](Sc2cccc[nH+]2)C(O)C(O)[C@@H]1O. The summed E-state index contributed by atoms with van der Waals surface area (Å²) in [6.07, 6.45) is -3.02. The van der Waals surface area contributed by atoms with E-state index < -0.39 is 36.5 Å². The van der Waals surface area contributed by atoms with E-state index in [-0.39, 0.29) is 0 Å². The monoisotopic (exact) mass is 274 g/mol. The molecule has 1 aliphatic rings. The van der Waals surface area contributed by atoms with E-state index in [1.165, 1.54) is 11.8 Å². The predicted octanol–water partition coefficient (Wildman–Crippen LogP) is -1.61. The highest BCUT2D eigenvalue weighted by Gasteiger charge is 2.44. The normalized spacial score (nSPS) is 36.6. The van der Waals surface area contributed by atoms with E-state index in [0.29, 0.717) is 0 Å². The van der Waals surface area contributed by atoms with Gasteiger partial charge in [0.2, 0.25) is 5.03 Å². The molecule has 3 unspecified atom stereocenters. The Morgan fingerprint density at radius 3 is 2.56 bits per heavy atom. The third kappa shape index (κ3) is 2.82. The molecule has 0 amide bonds. The fourth-order valence-electron chi connectivity index (χ4n) is 1.74. The maximum absolute atomic E-state index is 9.83. The lowest BCUT2D eigenvalue weighted by atomic mass is 10.0. The Morgan fingerprint density at radius 2 is 1.94 bits per heavy atom. The van der Waals surface area contributed by atoms with Gasteiger partial charge in [0.1, 0.15) is 29.9 Å². The largest absolute Gasteiger partial charge is 0.394 e. The molecule has 5 atom stereocenters. The van der Waals surface area contributed by atoms with Crippen LogP contribution in [0.1, 0.15) is 0 Å². The molecule has 1 fully saturated rings. The van der Waals surface area contributed by atoms with Gasteiger partial charge in [-0.3, -0.25) is 0 Å². The molecule has 0 aliphatic carbocycles. The maximum atomic E-state index is 9.83. The lowest BCUT2D eigenvalue weighted by molar-refractivity contribution is -0.426. The molecule has 1 aromatic heterocycles. The summed E-state index contributed by atoms with van der Waals surface area (Å²) in [7, 11) is 0. The predicted molar refractivity (Wildman–Crippen MR) is 62.6 cm³/mol. The minimum absolute atomic E-state index is 0.416. The summed E-state index contributed by atoms with van der Waals surface area (Å²) >= 11 is 1.19. The smallest absolute Gasteiger partial charge is 0.240 e. The molecule has 0 bridgehead atoms. The Hall–Kier alpha value is -0.700. The Labute approximate surface area is 108 Å². The molecule has 7 heteroatoms. The number of aromatic nitrogens is 1. The second-order valence-corrected chi connectivity index (χ2v) is 5.18. The van der Waals surface area contributed by atoms with Gasteiger partial charge in [0.05, 0.1) is 6.61 Å². The van der Waals surface area contributed by atoms with Crippen LogP contribution in [-0.4, -0.2) is 56.9 Å². The molecule has 6 nitrogen and oxygen atoms in total. The van der Waals surface area contributed by atoms with Crippen molar-refractivity contribution in [1.29, 1.82) is 0 Å². The topological polar surface area (TPSA) is 104 Å². The van der Waals surface area contributed by atoms with Crippen LogP contribution in [0.25, 0.3) is 0 Å². The molecule has 0 saturated carbocycles. The quantitative estimate of drug-likeness (QED) is 0.529. The lowest BCUT2D eigenvalue weighted by Gasteiger charge is -2.38. The van der Waals surface area contributed by atoms with Crippen LogP contribution >= 0.6 is 11.8 Å². The summed E-state index contributed by atoms with van der Waals surface area (Å²) in [4.78, 5) is 2.96. The highest BCUT2D eigenvalue weighted by atomic mass is 32.2. The molecule has 1 saturated heterocycles. The van der Waals surface area contributed by atoms with Gasteiger partial charge in [0, 0.05) is 12.1 Å². The fraction of sp³-hybridized carbons (Fsp3) is 0.545. The van der Waals surface area contributed by atoms with Crippen LogP contribution in [0, 0.1) is 0 Å². The summed E-state index contributed by atoms with van der Waals surface area (Å²) in [6, 6.07) is 5.44. The molecule has 2 rings (SSSR count). The first-order chi connectivity index (χ1) is 8.63. The molecular weight excluding hydrogens is 258 g/mol.